The molecule has 1 amide bonds. The first-order valence-electron chi connectivity index (χ1n) is 7.83. The molecule has 1 rings (SSSR count). The Morgan fingerprint density at radius 2 is 1.87 bits per heavy atom. The predicted molar refractivity (Wildman–Crippen MR) is 85.9 cm³/mol. The summed E-state index contributed by atoms with van der Waals surface area (Å²) in [6.45, 7) is 3.26. The van der Waals surface area contributed by atoms with Crippen LogP contribution in [0.15, 0.2) is 30.3 Å². The van der Waals surface area contributed by atoms with Crippen LogP contribution in [0.2, 0.25) is 0 Å². The highest BCUT2D eigenvalue weighted by Gasteiger charge is 2.15. The van der Waals surface area contributed by atoms with Gasteiger partial charge in [-0.15, -0.1) is 0 Å². The molecular weight excluding hydrogens is 298 g/mol. The van der Waals surface area contributed by atoms with Crippen molar-refractivity contribution < 1.29 is 24.2 Å². The van der Waals surface area contributed by atoms with Crippen molar-refractivity contribution in [2.75, 3.05) is 39.5 Å². The van der Waals surface area contributed by atoms with Gasteiger partial charge in [-0.3, -0.25) is 9.59 Å². The Morgan fingerprint density at radius 1 is 1.13 bits per heavy atom. The van der Waals surface area contributed by atoms with Crippen LogP contribution in [0.5, 0.6) is 0 Å². The van der Waals surface area contributed by atoms with E-state index in [1.54, 1.807) is 11.8 Å². The Hall–Kier alpha value is -1.92. The van der Waals surface area contributed by atoms with Crippen LogP contribution in [0, 0.1) is 0 Å². The Bertz CT molecular complexity index is 463. The van der Waals surface area contributed by atoms with Gasteiger partial charge in [0.05, 0.1) is 39.3 Å². The third-order valence-electron chi connectivity index (χ3n) is 3.18. The molecule has 1 aromatic rings. The molecule has 0 aliphatic carbocycles. The first-order chi connectivity index (χ1) is 11.2. The van der Waals surface area contributed by atoms with Crippen molar-refractivity contribution in [1.82, 2.24) is 4.90 Å². The summed E-state index contributed by atoms with van der Waals surface area (Å²) in [5.41, 5.74) is 0.926. The highest BCUT2D eigenvalue weighted by molar-refractivity contribution is 5.79. The summed E-state index contributed by atoms with van der Waals surface area (Å²) in [7, 11) is 0. The van der Waals surface area contributed by atoms with E-state index in [1.165, 1.54) is 0 Å². The van der Waals surface area contributed by atoms with Gasteiger partial charge < -0.3 is 19.5 Å². The van der Waals surface area contributed by atoms with Crippen LogP contribution in [0.25, 0.3) is 0 Å². The van der Waals surface area contributed by atoms with Crippen molar-refractivity contribution in [3.63, 3.8) is 0 Å². The van der Waals surface area contributed by atoms with Crippen molar-refractivity contribution in [1.29, 1.82) is 0 Å². The molecule has 0 aliphatic rings. The summed E-state index contributed by atoms with van der Waals surface area (Å²) in [6, 6.07) is 9.45. The molecule has 0 saturated heterocycles. The van der Waals surface area contributed by atoms with Gasteiger partial charge in [-0.1, -0.05) is 30.3 Å². The molecule has 0 aromatic heterocycles. The van der Waals surface area contributed by atoms with Crippen LogP contribution in [-0.2, 0) is 25.5 Å². The van der Waals surface area contributed by atoms with Crippen LogP contribution in [0.1, 0.15) is 18.9 Å². The van der Waals surface area contributed by atoms with Crippen LogP contribution in [0.3, 0.4) is 0 Å². The number of nitrogens with zero attached hydrogens (tertiary/aromatic N) is 1. The predicted octanol–water partition coefficient (Wildman–Crippen LogP) is 1.02. The molecule has 0 fully saturated rings. The van der Waals surface area contributed by atoms with Gasteiger partial charge in [0, 0.05) is 13.1 Å². The number of amides is 1. The van der Waals surface area contributed by atoms with Gasteiger partial charge in [-0.25, -0.2) is 0 Å². The smallest absolute Gasteiger partial charge is 0.307 e. The van der Waals surface area contributed by atoms with Crippen molar-refractivity contribution in [2.45, 2.75) is 19.8 Å². The van der Waals surface area contributed by atoms with E-state index in [0.717, 1.165) is 5.56 Å². The third-order valence-corrected chi connectivity index (χ3v) is 3.18. The van der Waals surface area contributed by atoms with Crippen LogP contribution < -0.4 is 0 Å². The minimum Gasteiger partial charge on any atom is -0.466 e. The number of rotatable bonds is 11. The topological polar surface area (TPSA) is 76.1 Å². The molecule has 0 atom stereocenters. The number of benzene rings is 1. The molecule has 0 radical (unpaired) electrons. The lowest BCUT2D eigenvalue weighted by Gasteiger charge is -2.22. The SMILES string of the molecule is CCOC(=O)CCN(CCOCCO)C(=O)Cc1ccccc1. The number of hydrogen-bond acceptors (Lipinski definition) is 5. The van der Waals surface area contributed by atoms with Gasteiger partial charge in [0.1, 0.15) is 0 Å². The number of carbonyl (C=O) groups is 2. The second-order valence-electron chi connectivity index (χ2n) is 4.93. The maximum absolute atomic E-state index is 12.4. The summed E-state index contributed by atoms with van der Waals surface area (Å²) in [5, 5.41) is 8.70. The molecule has 1 N–H and O–H groups in total. The van der Waals surface area contributed by atoms with E-state index in [9.17, 15) is 9.59 Å². The molecule has 0 heterocycles. The fourth-order valence-electron chi connectivity index (χ4n) is 2.04. The minimum atomic E-state index is -0.318. The van der Waals surface area contributed by atoms with Gasteiger partial charge >= 0.3 is 5.97 Å². The maximum atomic E-state index is 12.4. The van der Waals surface area contributed by atoms with Gasteiger partial charge in [0.2, 0.25) is 5.91 Å². The zero-order valence-electron chi connectivity index (χ0n) is 13.6. The molecule has 0 saturated carbocycles. The van der Waals surface area contributed by atoms with Crippen LogP contribution in [-0.4, -0.2) is 61.4 Å². The largest absolute Gasteiger partial charge is 0.466 e. The van der Waals surface area contributed by atoms with Gasteiger partial charge in [0.25, 0.3) is 0 Å². The zero-order chi connectivity index (χ0) is 16.9. The van der Waals surface area contributed by atoms with Crippen molar-refractivity contribution in [2.24, 2.45) is 0 Å². The average Bonchev–Trinajstić information content (AvgIpc) is 2.55. The fraction of sp³-hybridized carbons (Fsp3) is 0.529. The van der Waals surface area contributed by atoms with Crippen molar-refractivity contribution >= 4 is 11.9 Å². The molecule has 0 unspecified atom stereocenters. The normalized spacial score (nSPS) is 10.3. The molecule has 0 aliphatic heterocycles. The van der Waals surface area contributed by atoms with Crippen LogP contribution >= 0.6 is 0 Å². The van der Waals surface area contributed by atoms with E-state index in [2.05, 4.69) is 0 Å². The number of hydrogen-bond donors (Lipinski definition) is 1. The Morgan fingerprint density at radius 3 is 2.52 bits per heavy atom. The average molecular weight is 323 g/mol. The number of aliphatic hydroxyl groups excluding tert-OH is 1. The Balaban J connectivity index is 2.53. The molecular formula is C17H25NO5. The quantitative estimate of drug-likeness (QED) is 0.486. The Labute approximate surface area is 137 Å². The van der Waals surface area contributed by atoms with E-state index in [1.807, 2.05) is 30.3 Å². The minimum absolute atomic E-state index is 0.0548. The monoisotopic (exact) mass is 323 g/mol. The van der Waals surface area contributed by atoms with E-state index >= 15 is 0 Å². The van der Waals surface area contributed by atoms with E-state index < -0.39 is 0 Å². The van der Waals surface area contributed by atoms with Crippen molar-refractivity contribution in [3.05, 3.63) is 35.9 Å². The molecule has 0 spiro atoms. The number of carbonyl (C=O) groups excluding carboxylic acids is 2. The van der Waals surface area contributed by atoms with Gasteiger partial charge in [-0.2, -0.15) is 0 Å². The van der Waals surface area contributed by atoms with E-state index in [4.69, 9.17) is 14.6 Å². The zero-order valence-corrected chi connectivity index (χ0v) is 13.6. The van der Waals surface area contributed by atoms with Crippen molar-refractivity contribution in [3.8, 4) is 0 Å². The molecule has 6 heteroatoms. The highest BCUT2D eigenvalue weighted by Crippen LogP contribution is 2.04. The summed E-state index contributed by atoms with van der Waals surface area (Å²) >= 11 is 0. The molecule has 1 aromatic carbocycles. The first kappa shape index (κ1) is 19.1. The molecule has 0 bridgehead atoms. The number of aliphatic hydroxyl groups is 1. The number of esters is 1. The molecule has 128 valence electrons. The summed E-state index contributed by atoms with van der Waals surface area (Å²) in [4.78, 5) is 25.5. The summed E-state index contributed by atoms with van der Waals surface area (Å²) < 4.78 is 10.1. The van der Waals surface area contributed by atoms with Gasteiger partial charge in [0.15, 0.2) is 0 Å². The lowest BCUT2D eigenvalue weighted by atomic mass is 10.1. The van der Waals surface area contributed by atoms with Crippen LogP contribution in [0.4, 0.5) is 0 Å². The van der Waals surface area contributed by atoms with E-state index in [0.29, 0.717) is 26.3 Å². The highest BCUT2D eigenvalue weighted by atomic mass is 16.5. The maximum Gasteiger partial charge on any atom is 0.307 e. The number of ether oxygens (including phenoxy) is 2. The lowest BCUT2D eigenvalue weighted by molar-refractivity contribution is -0.144. The molecule has 6 nitrogen and oxygen atoms in total. The van der Waals surface area contributed by atoms with E-state index in [-0.39, 0.29) is 37.9 Å². The summed E-state index contributed by atoms with van der Waals surface area (Å²) in [6.07, 6.45) is 0.442. The molecule has 23 heavy (non-hydrogen) atoms. The standard InChI is InChI=1S/C17H25NO5/c1-2-23-17(21)8-9-18(10-12-22-13-11-19)16(20)14-15-6-4-3-5-7-15/h3-7,19H,2,8-14H2,1H3. The second kappa shape index (κ2) is 11.6. The van der Waals surface area contributed by atoms with Gasteiger partial charge in [-0.05, 0) is 12.5 Å². The fourth-order valence-corrected chi connectivity index (χ4v) is 2.04. The third kappa shape index (κ3) is 8.32. The second-order valence-corrected chi connectivity index (χ2v) is 4.93. The first-order valence-corrected chi connectivity index (χ1v) is 7.83. The Kier molecular flexibility index (Phi) is 9.66. The summed E-state index contributed by atoms with van der Waals surface area (Å²) in [5.74, 6) is -0.380. The lowest BCUT2D eigenvalue weighted by Crippen LogP contribution is -2.37.